The second kappa shape index (κ2) is 7.43. The summed E-state index contributed by atoms with van der Waals surface area (Å²) in [5.41, 5.74) is 2.16. The summed E-state index contributed by atoms with van der Waals surface area (Å²) < 4.78 is 5.12. The van der Waals surface area contributed by atoms with Crippen molar-refractivity contribution in [1.82, 2.24) is 9.88 Å². The number of hydrogen-bond acceptors (Lipinski definition) is 4. The van der Waals surface area contributed by atoms with Crippen LogP contribution >= 0.6 is 0 Å². The molecule has 0 spiro atoms. The van der Waals surface area contributed by atoms with E-state index in [0.717, 1.165) is 10.9 Å². The number of pyridine rings is 1. The molecule has 1 saturated heterocycles. The second-order valence-electron chi connectivity index (χ2n) is 7.10. The first-order valence-corrected chi connectivity index (χ1v) is 9.34. The van der Waals surface area contributed by atoms with Crippen molar-refractivity contribution in [3.05, 3.63) is 70.0 Å². The van der Waals surface area contributed by atoms with Gasteiger partial charge in [-0.3, -0.25) is 14.4 Å². The molecule has 7 nitrogen and oxygen atoms in total. The number of carbonyl (C=O) groups excluding carboxylic acids is 2. The smallest absolute Gasteiger partial charge is 0.254 e. The van der Waals surface area contributed by atoms with Crippen molar-refractivity contribution in [2.75, 3.05) is 19.0 Å². The predicted octanol–water partition coefficient (Wildman–Crippen LogP) is 2.76. The van der Waals surface area contributed by atoms with Crippen LogP contribution in [0.5, 0.6) is 5.75 Å². The molecule has 2 aromatic carbocycles. The fourth-order valence-electron chi connectivity index (χ4n) is 3.49. The Labute approximate surface area is 167 Å². The van der Waals surface area contributed by atoms with E-state index < -0.39 is 11.9 Å². The van der Waals surface area contributed by atoms with Gasteiger partial charge in [0, 0.05) is 29.7 Å². The Morgan fingerprint density at radius 3 is 2.52 bits per heavy atom. The summed E-state index contributed by atoms with van der Waals surface area (Å²) in [4.78, 5) is 42.3. The highest BCUT2D eigenvalue weighted by atomic mass is 16.5. The van der Waals surface area contributed by atoms with E-state index in [9.17, 15) is 14.4 Å². The molecule has 1 atom stereocenters. The van der Waals surface area contributed by atoms with Gasteiger partial charge in [-0.2, -0.15) is 0 Å². The molecule has 4 rings (SSSR count). The Hall–Kier alpha value is -3.61. The van der Waals surface area contributed by atoms with Gasteiger partial charge in [-0.25, -0.2) is 0 Å². The Balaban J connectivity index is 1.73. The van der Waals surface area contributed by atoms with Crippen LogP contribution in [0.1, 0.15) is 23.6 Å². The number of aromatic nitrogens is 1. The largest absolute Gasteiger partial charge is 0.497 e. The minimum absolute atomic E-state index is 0.149. The monoisotopic (exact) mass is 391 g/mol. The quantitative estimate of drug-likeness (QED) is 0.654. The molecule has 2 amide bonds. The van der Waals surface area contributed by atoms with Crippen LogP contribution in [0.25, 0.3) is 10.9 Å². The number of nitrogens with one attached hydrogen (secondary N) is 2. The molecule has 1 fully saturated rings. The number of benzene rings is 2. The van der Waals surface area contributed by atoms with E-state index in [1.807, 2.05) is 25.1 Å². The molecular formula is C22H21N3O4. The average Bonchev–Trinajstić information content (AvgIpc) is 2.71. The number of amides is 2. The van der Waals surface area contributed by atoms with Gasteiger partial charge in [0.05, 0.1) is 7.11 Å². The summed E-state index contributed by atoms with van der Waals surface area (Å²) in [5.74, 6) is 0.0863. The van der Waals surface area contributed by atoms with E-state index in [2.05, 4.69) is 10.3 Å². The van der Waals surface area contributed by atoms with Crippen molar-refractivity contribution in [2.24, 2.45) is 0 Å². The zero-order chi connectivity index (χ0) is 20.5. The van der Waals surface area contributed by atoms with Crippen LogP contribution in [0.4, 0.5) is 5.69 Å². The van der Waals surface area contributed by atoms with Gasteiger partial charge >= 0.3 is 0 Å². The van der Waals surface area contributed by atoms with Crippen LogP contribution in [0.2, 0.25) is 0 Å². The Morgan fingerprint density at radius 1 is 1.14 bits per heavy atom. The first-order chi connectivity index (χ1) is 14.0. The maximum absolute atomic E-state index is 13.1. The second-order valence-corrected chi connectivity index (χ2v) is 7.10. The molecular weight excluding hydrogens is 370 g/mol. The summed E-state index contributed by atoms with van der Waals surface area (Å²) in [5, 5.41) is 3.62. The number of likely N-dealkylation sites (tertiary alicyclic amines) is 1. The van der Waals surface area contributed by atoms with Gasteiger partial charge in [0.15, 0.2) is 0 Å². The first kappa shape index (κ1) is 18.7. The number of nitrogens with zero attached hydrogens (tertiary/aromatic N) is 1. The number of aromatic amines is 1. The molecule has 0 aliphatic carbocycles. The maximum Gasteiger partial charge on any atom is 0.254 e. The van der Waals surface area contributed by atoms with Crippen molar-refractivity contribution in [2.45, 2.75) is 19.4 Å². The number of β-lactam (4-membered cyclic amide) rings is 1. The highest BCUT2D eigenvalue weighted by molar-refractivity contribution is 5.99. The third-order valence-electron chi connectivity index (χ3n) is 5.13. The number of H-pyrrole nitrogens is 1. The molecule has 2 N–H and O–H groups in total. The van der Waals surface area contributed by atoms with Gasteiger partial charge in [-0.15, -0.1) is 0 Å². The van der Waals surface area contributed by atoms with Gasteiger partial charge in [-0.05, 0) is 54.8 Å². The summed E-state index contributed by atoms with van der Waals surface area (Å²) in [6, 6.07) is 13.2. The number of methoxy groups -OCH3 is 1. The average molecular weight is 391 g/mol. The summed E-state index contributed by atoms with van der Waals surface area (Å²) in [6.45, 7) is 2.39. The van der Waals surface area contributed by atoms with E-state index in [1.165, 1.54) is 4.90 Å². The van der Waals surface area contributed by atoms with Crippen LogP contribution in [0.3, 0.4) is 0 Å². The lowest BCUT2D eigenvalue weighted by atomic mass is 9.99. The highest BCUT2D eigenvalue weighted by Crippen LogP contribution is 2.28. The van der Waals surface area contributed by atoms with E-state index in [1.54, 1.807) is 37.4 Å². The topological polar surface area (TPSA) is 91.5 Å². The van der Waals surface area contributed by atoms with Crippen LogP contribution in [-0.4, -0.2) is 35.4 Å². The first-order valence-electron chi connectivity index (χ1n) is 9.34. The highest BCUT2D eigenvalue weighted by Gasteiger charge is 2.38. The SMILES string of the molecule is COc1ccc(NC(=O)[C@@H](c2cc3cc(C)ccc3[nH]c2=O)N2CCC2=O)cc1. The number of ether oxygens (including phenoxy) is 1. The van der Waals surface area contributed by atoms with E-state index >= 15 is 0 Å². The van der Waals surface area contributed by atoms with Crippen LogP contribution in [-0.2, 0) is 9.59 Å². The van der Waals surface area contributed by atoms with E-state index in [4.69, 9.17) is 4.74 Å². The summed E-state index contributed by atoms with van der Waals surface area (Å²) >= 11 is 0. The van der Waals surface area contributed by atoms with Gasteiger partial charge in [-0.1, -0.05) is 11.6 Å². The van der Waals surface area contributed by atoms with Crippen LogP contribution in [0.15, 0.2) is 53.3 Å². The van der Waals surface area contributed by atoms with Crippen molar-refractivity contribution in [3.8, 4) is 5.75 Å². The fraction of sp³-hybridized carbons (Fsp3) is 0.227. The number of rotatable bonds is 5. The minimum Gasteiger partial charge on any atom is -0.497 e. The molecule has 29 heavy (non-hydrogen) atoms. The van der Waals surface area contributed by atoms with Crippen molar-refractivity contribution in [1.29, 1.82) is 0 Å². The molecule has 0 radical (unpaired) electrons. The molecule has 1 aliphatic heterocycles. The fourth-order valence-corrected chi connectivity index (χ4v) is 3.49. The Bertz CT molecular complexity index is 1150. The van der Waals surface area contributed by atoms with Gasteiger partial charge in [0.1, 0.15) is 11.8 Å². The molecule has 0 saturated carbocycles. The molecule has 1 aliphatic rings. The maximum atomic E-state index is 13.1. The minimum atomic E-state index is -0.994. The predicted molar refractivity (Wildman–Crippen MR) is 110 cm³/mol. The number of aryl methyl sites for hydroxylation is 1. The van der Waals surface area contributed by atoms with Gasteiger partial charge in [0.25, 0.3) is 11.5 Å². The zero-order valence-electron chi connectivity index (χ0n) is 16.2. The van der Waals surface area contributed by atoms with Crippen LogP contribution in [0, 0.1) is 6.92 Å². The Morgan fingerprint density at radius 2 is 1.90 bits per heavy atom. The summed E-state index contributed by atoms with van der Waals surface area (Å²) in [7, 11) is 1.56. The molecule has 0 bridgehead atoms. The number of hydrogen-bond donors (Lipinski definition) is 2. The standard InChI is InChI=1S/C22H21N3O4/c1-13-3-8-18-14(11-13)12-17(21(27)24-18)20(25-10-9-19(25)26)22(28)23-15-4-6-16(29-2)7-5-15/h3-8,11-12,20H,9-10H2,1-2H3,(H,23,28)(H,24,27)/t20-/m1/s1. The molecule has 3 aromatic rings. The van der Waals surface area contributed by atoms with Crippen molar-refractivity contribution < 1.29 is 14.3 Å². The zero-order valence-corrected chi connectivity index (χ0v) is 16.2. The molecule has 1 aromatic heterocycles. The lowest BCUT2D eigenvalue weighted by molar-refractivity contribution is -0.147. The Kier molecular flexibility index (Phi) is 4.80. The third kappa shape index (κ3) is 3.59. The van der Waals surface area contributed by atoms with Crippen molar-refractivity contribution in [3.63, 3.8) is 0 Å². The summed E-state index contributed by atoms with van der Waals surface area (Å²) in [6.07, 6.45) is 0.372. The molecule has 2 heterocycles. The van der Waals surface area contributed by atoms with E-state index in [-0.39, 0.29) is 17.0 Å². The van der Waals surface area contributed by atoms with Gasteiger partial charge < -0.3 is 19.9 Å². The number of anilines is 1. The normalized spacial score (nSPS) is 14.4. The molecule has 7 heteroatoms. The van der Waals surface area contributed by atoms with E-state index in [0.29, 0.717) is 29.9 Å². The molecule has 0 unspecified atom stereocenters. The lowest BCUT2D eigenvalue weighted by Gasteiger charge is -2.37. The van der Waals surface area contributed by atoms with Gasteiger partial charge in [0.2, 0.25) is 5.91 Å². The third-order valence-corrected chi connectivity index (χ3v) is 5.13. The lowest BCUT2D eigenvalue weighted by Crippen LogP contribution is -2.50. The van der Waals surface area contributed by atoms with Crippen molar-refractivity contribution >= 4 is 28.4 Å². The molecule has 148 valence electrons. The number of carbonyl (C=O) groups is 2. The number of fused-ring (bicyclic) bond motifs is 1. The van der Waals surface area contributed by atoms with Crippen LogP contribution < -0.4 is 15.6 Å².